The van der Waals surface area contributed by atoms with Crippen molar-refractivity contribution in [1.29, 1.82) is 0 Å². The minimum absolute atomic E-state index is 0. The fourth-order valence-electron chi connectivity index (χ4n) is 0.315. The number of hydrogen-bond acceptors (Lipinski definition) is 2. The molecule has 1 N–H and O–H groups in total. The van der Waals surface area contributed by atoms with Gasteiger partial charge >= 0.3 is 0 Å². The van der Waals surface area contributed by atoms with Gasteiger partial charge in [0, 0.05) is 0 Å². The van der Waals surface area contributed by atoms with Crippen molar-refractivity contribution in [2.24, 2.45) is 0 Å². The Morgan fingerprint density at radius 2 is 2.25 bits per heavy atom. The molecule has 0 atom stereocenters. The molecule has 0 aliphatic heterocycles. The molecule has 0 aromatic carbocycles. The van der Waals surface area contributed by atoms with Crippen LogP contribution in [0.3, 0.4) is 0 Å². The molecule has 1 aromatic heterocycles. The van der Waals surface area contributed by atoms with Gasteiger partial charge in [-0.3, -0.25) is 5.10 Å². The van der Waals surface area contributed by atoms with Gasteiger partial charge in [-0.2, -0.15) is 0 Å². The van der Waals surface area contributed by atoms with Crippen molar-refractivity contribution < 1.29 is 0 Å². The van der Waals surface area contributed by atoms with E-state index >= 15 is 0 Å². The molecule has 0 unspecified atom stereocenters. The number of nitrogens with one attached hydrogen (secondary N) is 1. The van der Waals surface area contributed by atoms with Crippen molar-refractivity contribution in [2.75, 3.05) is 0 Å². The van der Waals surface area contributed by atoms with Gasteiger partial charge in [0.05, 0.1) is 0 Å². The number of rotatable bonds is 0. The largest absolute Gasteiger partial charge is 0.262 e. The van der Waals surface area contributed by atoms with Crippen LogP contribution in [0.15, 0.2) is 0 Å². The zero-order chi connectivity index (χ0) is 5.28. The molecule has 0 fully saturated rings. The average Bonchev–Trinajstić information content (AvgIpc) is 1.87. The molecule has 1 aromatic rings. The highest BCUT2D eigenvalue weighted by Gasteiger charge is 1.88. The number of hydrogen-bond donors (Lipinski definition) is 1. The van der Waals surface area contributed by atoms with Crippen LogP contribution in [0, 0.1) is 6.92 Å². The molecule has 1 rings (SSSR count). The quantitative estimate of drug-likeness (QED) is 0.609. The zero-order valence-electron chi connectivity index (χ0n) is 4.18. The first kappa shape index (κ1) is 7.72. The maximum Gasteiger partial charge on any atom is 0.242 e. The third-order valence-electron chi connectivity index (χ3n) is 0.570. The number of aromatic nitrogens is 3. The topological polar surface area (TPSA) is 41.6 Å². The molecule has 0 saturated heterocycles. The Balaban J connectivity index is 0.000000490. The van der Waals surface area contributed by atoms with Gasteiger partial charge in [-0.15, -0.1) is 17.5 Å². The fourth-order valence-corrected chi connectivity index (χ4v) is 0.484. The summed E-state index contributed by atoms with van der Waals surface area (Å²) in [6, 6.07) is 0. The summed E-state index contributed by atoms with van der Waals surface area (Å²) >= 11 is 5.31. The molecule has 5 heteroatoms. The molecule has 0 aliphatic carbocycles. The molecule has 0 bridgehead atoms. The van der Waals surface area contributed by atoms with Crippen LogP contribution in [0.4, 0.5) is 0 Å². The lowest BCUT2D eigenvalue weighted by Gasteiger charge is -1.66. The van der Waals surface area contributed by atoms with Crippen molar-refractivity contribution >= 4 is 24.0 Å². The van der Waals surface area contributed by atoms with Gasteiger partial charge in [-0.1, -0.05) is 0 Å². The third-order valence-corrected chi connectivity index (χ3v) is 0.739. The molecule has 46 valence electrons. The lowest BCUT2D eigenvalue weighted by atomic mass is 10.8. The summed E-state index contributed by atoms with van der Waals surface area (Å²) in [5.41, 5.74) is 0. The van der Waals surface area contributed by atoms with E-state index in [0.29, 0.717) is 0 Å². The van der Waals surface area contributed by atoms with Gasteiger partial charge in [0.1, 0.15) is 5.82 Å². The first-order valence-corrected chi connectivity index (χ1v) is 2.21. The summed E-state index contributed by atoms with van der Waals surface area (Å²) in [7, 11) is 0. The van der Waals surface area contributed by atoms with Gasteiger partial charge < -0.3 is 0 Å². The smallest absolute Gasteiger partial charge is 0.242 e. The van der Waals surface area contributed by atoms with Crippen LogP contribution in [0.25, 0.3) is 0 Å². The molecule has 8 heavy (non-hydrogen) atoms. The zero-order valence-corrected chi connectivity index (χ0v) is 5.75. The number of aryl methyl sites for hydroxylation is 1. The predicted octanol–water partition coefficient (Wildman–Crippen LogP) is 1.19. The molecular weight excluding hydrogens is 149 g/mol. The summed E-state index contributed by atoms with van der Waals surface area (Å²) in [6.45, 7) is 1.79. The third kappa shape index (κ3) is 1.68. The Morgan fingerprint density at radius 1 is 1.62 bits per heavy atom. The van der Waals surface area contributed by atoms with E-state index in [4.69, 9.17) is 11.6 Å². The second-order valence-corrected chi connectivity index (χ2v) is 1.53. The number of nitrogens with zero attached hydrogens (tertiary/aromatic N) is 2. The molecule has 1 heterocycles. The van der Waals surface area contributed by atoms with Gasteiger partial charge in [0.25, 0.3) is 0 Å². The van der Waals surface area contributed by atoms with Gasteiger partial charge in [-0.05, 0) is 18.5 Å². The lowest BCUT2D eigenvalue weighted by Crippen LogP contribution is -1.69. The van der Waals surface area contributed by atoms with Crippen LogP contribution in [-0.2, 0) is 0 Å². The maximum absolute atomic E-state index is 5.31. The Morgan fingerprint density at radius 3 is 2.38 bits per heavy atom. The Labute approximate surface area is 57.9 Å². The van der Waals surface area contributed by atoms with E-state index in [-0.39, 0.29) is 17.7 Å². The Hall–Kier alpha value is -0.280. The number of aromatic amines is 1. The molecule has 0 amide bonds. The number of halogens is 2. The minimum Gasteiger partial charge on any atom is -0.262 e. The molecule has 0 aliphatic rings. The summed E-state index contributed by atoms with van der Waals surface area (Å²) in [4.78, 5) is 3.71. The van der Waals surface area contributed by atoms with Crippen LogP contribution >= 0.6 is 24.0 Å². The van der Waals surface area contributed by atoms with Crippen molar-refractivity contribution in [3.63, 3.8) is 0 Å². The highest BCUT2D eigenvalue weighted by Crippen LogP contribution is 1.95. The average molecular weight is 154 g/mol. The van der Waals surface area contributed by atoms with E-state index in [1.54, 1.807) is 6.92 Å². The van der Waals surface area contributed by atoms with Crippen molar-refractivity contribution in [3.05, 3.63) is 11.1 Å². The van der Waals surface area contributed by atoms with Gasteiger partial charge in [0.2, 0.25) is 5.28 Å². The van der Waals surface area contributed by atoms with E-state index < -0.39 is 0 Å². The summed E-state index contributed by atoms with van der Waals surface area (Å²) in [5, 5.41) is 6.40. The van der Waals surface area contributed by atoms with Gasteiger partial charge in [0.15, 0.2) is 0 Å². The fraction of sp³-hybridized carbons (Fsp3) is 0.333. The second-order valence-electron chi connectivity index (χ2n) is 1.19. The predicted molar refractivity (Wildman–Crippen MR) is 33.4 cm³/mol. The van der Waals surface area contributed by atoms with Crippen LogP contribution in [0.5, 0.6) is 0 Å². The molecular formula is C3H5Cl2N3. The summed E-state index contributed by atoms with van der Waals surface area (Å²) < 4.78 is 0. The lowest BCUT2D eigenvalue weighted by molar-refractivity contribution is 1.04. The van der Waals surface area contributed by atoms with Crippen molar-refractivity contribution in [2.45, 2.75) is 6.92 Å². The van der Waals surface area contributed by atoms with Crippen LogP contribution in [-0.4, -0.2) is 15.2 Å². The minimum atomic E-state index is 0. The molecule has 0 spiro atoms. The van der Waals surface area contributed by atoms with Crippen LogP contribution in [0.2, 0.25) is 5.28 Å². The summed E-state index contributed by atoms with van der Waals surface area (Å²) in [5.74, 6) is 0.741. The SMILES string of the molecule is Cc1nc(Cl)n[nH]1.Cl. The maximum atomic E-state index is 5.31. The van der Waals surface area contributed by atoms with E-state index in [1.807, 2.05) is 0 Å². The van der Waals surface area contributed by atoms with E-state index in [2.05, 4.69) is 15.2 Å². The number of H-pyrrole nitrogens is 1. The Bertz CT molecular complexity index is 145. The van der Waals surface area contributed by atoms with Gasteiger partial charge in [-0.25, -0.2) is 4.98 Å². The van der Waals surface area contributed by atoms with Crippen LogP contribution in [0.1, 0.15) is 5.82 Å². The first-order chi connectivity index (χ1) is 3.29. The van der Waals surface area contributed by atoms with Crippen LogP contribution < -0.4 is 0 Å². The van der Waals surface area contributed by atoms with E-state index in [9.17, 15) is 0 Å². The second kappa shape index (κ2) is 2.89. The molecule has 0 saturated carbocycles. The van der Waals surface area contributed by atoms with Crippen molar-refractivity contribution in [1.82, 2.24) is 15.2 Å². The van der Waals surface area contributed by atoms with E-state index in [0.717, 1.165) is 5.82 Å². The van der Waals surface area contributed by atoms with E-state index in [1.165, 1.54) is 0 Å². The molecule has 3 nitrogen and oxygen atoms in total. The monoisotopic (exact) mass is 153 g/mol. The highest BCUT2D eigenvalue weighted by atomic mass is 35.5. The highest BCUT2D eigenvalue weighted by molar-refractivity contribution is 6.28. The first-order valence-electron chi connectivity index (χ1n) is 1.83. The Kier molecular flexibility index (Phi) is 2.79. The molecule has 0 radical (unpaired) electrons. The normalized spacial score (nSPS) is 8.25. The van der Waals surface area contributed by atoms with Crippen molar-refractivity contribution in [3.8, 4) is 0 Å². The summed E-state index contributed by atoms with van der Waals surface area (Å²) in [6.07, 6.45) is 0. The standard InChI is InChI=1S/C3H4ClN3.ClH/c1-2-5-3(4)7-6-2;/h1H3,(H,5,6,7);1H.